The first-order chi connectivity index (χ1) is 11.5. The topological polar surface area (TPSA) is 82.3 Å². The van der Waals surface area contributed by atoms with Crippen molar-refractivity contribution < 1.29 is 9.53 Å². The van der Waals surface area contributed by atoms with Crippen LogP contribution in [0.5, 0.6) is 0 Å². The first kappa shape index (κ1) is 18.5. The first-order valence-electron chi connectivity index (χ1n) is 7.88. The van der Waals surface area contributed by atoms with Gasteiger partial charge in [0.15, 0.2) is 0 Å². The van der Waals surface area contributed by atoms with Crippen LogP contribution in [0.15, 0.2) is 33.9 Å². The maximum absolute atomic E-state index is 12.5. The number of hydrogen-bond donors (Lipinski definition) is 1. The molecule has 1 amide bonds. The smallest absolute Gasteiger partial charge is 0.412 e. The Balaban J connectivity index is 2.46. The fraction of sp³-hybridized carbons (Fsp3) is 0.389. The molecule has 7 heteroatoms. The average Bonchev–Trinajstić information content (AvgIpc) is 2.50. The SMILES string of the molecule is Cc1c(-c2cccc(NC(=O)OC(C)(C)C)c2)c(=O)n(C)c(=O)n1C. The summed E-state index contributed by atoms with van der Waals surface area (Å²) in [7, 11) is 3.06. The number of rotatable bonds is 2. The standard InChI is InChI=1S/C18H23N3O4/c1-11-14(15(22)21(6)17(24)20(11)5)12-8-7-9-13(10-12)19-16(23)25-18(2,3)4/h7-10H,1-6H3,(H,19,23). The van der Waals surface area contributed by atoms with E-state index in [1.54, 1.807) is 59.0 Å². The van der Waals surface area contributed by atoms with Gasteiger partial charge in [-0.3, -0.25) is 14.7 Å². The second kappa shape index (κ2) is 6.58. The predicted molar refractivity (Wildman–Crippen MR) is 97.0 cm³/mol. The fourth-order valence-electron chi connectivity index (χ4n) is 2.45. The van der Waals surface area contributed by atoms with E-state index in [0.29, 0.717) is 22.5 Å². The number of amides is 1. The maximum Gasteiger partial charge on any atom is 0.412 e. The molecule has 2 aromatic rings. The molecule has 0 atom stereocenters. The van der Waals surface area contributed by atoms with Gasteiger partial charge in [0.2, 0.25) is 0 Å². The van der Waals surface area contributed by atoms with E-state index >= 15 is 0 Å². The van der Waals surface area contributed by atoms with Gasteiger partial charge < -0.3 is 9.30 Å². The van der Waals surface area contributed by atoms with Crippen molar-refractivity contribution in [1.29, 1.82) is 0 Å². The van der Waals surface area contributed by atoms with Gasteiger partial charge in [0.05, 0.1) is 5.56 Å². The van der Waals surface area contributed by atoms with E-state index in [4.69, 9.17) is 4.74 Å². The Morgan fingerprint density at radius 3 is 2.36 bits per heavy atom. The minimum Gasteiger partial charge on any atom is -0.444 e. The zero-order valence-electron chi connectivity index (χ0n) is 15.3. The zero-order chi connectivity index (χ0) is 18.9. The monoisotopic (exact) mass is 345 g/mol. The minimum absolute atomic E-state index is 0.380. The highest BCUT2D eigenvalue weighted by atomic mass is 16.6. The molecule has 1 aromatic heterocycles. The van der Waals surface area contributed by atoms with Gasteiger partial charge in [-0.15, -0.1) is 0 Å². The summed E-state index contributed by atoms with van der Waals surface area (Å²) in [5.41, 5.74) is 0.722. The summed E-state index contributed by atoms with van der Waals surface area (Å²) in [6.07, 6.45) is -0.574. The number of hydrogen-bond acceptors (Lipinski definition) is 4. The Hall–Kier alpha value is -2.83. The fourth-order valence-corrected chi connectivity index (χ4v) is 2.45. The molecule has 1 heterocycles. The Labute approximate surface area is 145 Å². The average molecular weight is 345 g/mol. The molecule has 0 aliphatic heterocycles. The van der Waals surface area contributed by atoms with Crippen LogP contribution in [0.4, 0.5) is 10.5 Å². The van der Waals surface area contributed by atoms with Crippen LogP contribution >= 0.6 is 0 Å². The highest BCUT2D eigenvalue weighted by Crippen LogP contribution is 2.22. The van der Waals surface area contributed by atoms with Crippen molar-refractivity contribution in [3.63, 3.8) is 0 Å². The molecule has 134 valence electrons. The quantitative estimate of drug-likeness (QED) is 0.906. The van der Waals surface area contributed by atoms with E-state index in [9.17, 15) is 14.4 Å². The van der Waals surface area contributed by atoms with E-state index in [1.165, 1.54) is 11.6 Å². The number of anilines is 1. The van der Waals surface area contributed by atoms with E-state index in [1.807, 2.05) is 0 Å². The normalized spacial score (nSPS) is 11.3. The van der Waals surface area contributed by atoms with Gasteiger partial charge in [-0.05, 0) is 45.4 Å². The lowest BCUT2D eigenvalue weighted by Gasteiger charge is -2.20. The molecular formula is C18H23N3O4. The van der Waals surface area contributed by atoms with Crippen LogP contribution in [-0.2, 0) is 18.8 Å². The molecule has 0 saturated heterocycles. The summed E-state index contributed by atoms with van der Waals surface area (Å²) in [6.45, 7) is 7.05. The van der Waals surface area contributed by atoms with E-state index in [2.05, 4.69) is 5.32 Å². The van der Waals surface area contributed by atoms with Gasteiger partial charge in [-0.2, -0.15) is 0 Å². The highest BCUT2D eigenvalue weighted by Gasteiger charge is 2.17. The molecule has 1 aromatic carbocycles. The van der Waals surface area contributed by atoms with Crippen LogP contribution < -0.4 is 16.6 Å². The third-order valence-electron chi connectivity index (χ3n) is 3.75. The van der Waals surface area contributed by atoms with Crippen LogP contribution in [0, 0.1) is 6.92 Å². The van der Waals surface area contributed by atoms with Crippen LogP contribution in [0.1, 0.15) is 26.5 Å². The summed E-state index contributed by atoms with van der Waals surface area (Å²) in [5, 5.41) is 2.65. The molecule has 0 spiro atoms. The number of aromatic nitrogens is 2. The van der Waals surface area contributed by atoms with Gasteiger partial charge >= 0.3 is 11.8 Å². The summed E-state index contributed by atoms with van der Waals surface area (Å²) >= 11 is 0. The van der Waals surface area contributed by atoms with Crippen LogP contribution in [0.25, 0.3) is 11.1 Å². The Morgan fingerprint density at radius 1 is 1.12 bits per heavy atom. The van der Waals surface area contributed by atoms with Gasteiger partial charge in [0, 0.05) is 25.5 Å². The number of carbonyl (C=O) groups is 1. The molecule has 25 heavy (non-hydrogen) atoms. The molecule has 0 unspecified atom stereocenters. The van der Waals surface area contributed by atoms with Gasteiger partial charge in [-0.25, -0.2) is 9.59 Å². The number of nitrogens with zero attached hydrogens (tertiary/aromatic N) is 2. The number of benzene rings is 1. The Morgan fingerprint density at radius 2 is 1.76 bits per heavy atom. The van der Waals surface area contributed by atoms with Crippen LogP contribution in [0.3, 0.4) is 0 Å². The molecule has 2 rings (SSSR count). The number of ether oxygens (including phenoxy) is 1. The van der Waals surface area contributed by atoms with E-state index in [0.717, 1.165) is 4.57 Å². The number of carbonyl (C=O) groups excluding carboxylic acids is 1. The molecule has 0 bridgehead atoms. The number of nitrogens with one attached hydrogen (secondary N) is 1. The van der Waals surface area contributed by atoms with Gasteiger partial charge in [0.1, 0.15) is 5.60 Å². The minimum atomic E-state index is -0.605. The zero-order valence-corrected chi connectivity index (χ0v) is 15.3. The molecular weight excluding hydrogens is 322 g/mol. The summed E-state index contributed by atoms with van der Waals surface area (Å²) in [4.78, 5) is 36.4. The molecule has 0 saturated carbocycles. The second-order valence-electron chi connectivity index (χ2n) is 6.87. The van der Waals surface area contributed by atoms with Crippen molar-refractivity contribution in [3.05, 3.63) is 50.8 Å². The second-order valence-corrected chi connectivity index (χ2v) is 6.87. The van der Waals surface area contributed by atoms with Crippen molar-refractivity contribution in [2.24, 2.45) is 14.1 Å². The van der Waals surface area contributed by atoms with Crippen molar-refractivity contribution in [3.8, 4) is 11.1 Å². The van der Waals surface area contributed by atoms with Crippen LogP contribution in [0.2, 0.25) is 0 Å². The van der Waals surface area contributed by atoms with E-state index < -0.39 is 11.7 Å². The lowest BCUT2D eigenvalue weighted by atomic mass is 10.0. The Kier molecular flexibility index (Phi) is 4.87. The summed E-state index contributed by atoms with van der Waals surface area (Å²) in [6, 6.07) is 6.87. The van der Waals surface area contributed by atoms with Crippen molar-refractivity contribution in [2.45, 2.75) is 33.3 Å². The Bertz CT molecular complexity index is 933. The van der Waals surface area contributed by atoms with Gasteiger partial charge in [0.25, 0.3) is 5.56 Å². The molecule has 0 aliphatic carbocycles. The van der Waals surface area contributed by atoms with Gasteiger partial charge in [-0.1, -0.05) is 12.1 Å². The lowest BCUT2D eigenvalue weighted by molar-refractivity contribution is 0.0636. The third kappa shape index (κ3) is 3.99. The highest BCUT2D eigenvalue weighted by molar-refractivity contribution is 5.86. The maximum atomic E-state index is 12.5. The third-order valence-corrected chi connectivity index (χ3v) is 3.75. The molecule has 7 nitrogen and oxygen atoms in total. The summed E-state index contributed by atoms with van der Waals surface area (Å²) in [5.74, 6) is 0. The van der Waals surface area contributed by atoms with Crippen molar-refractivity contribution >= 4 is 11.8 Å². The molecule has 0 radical (unpaired) electrons. The first-order valence-corrected chi connectivity index (χ1v) is 7.88. The molecule has 1 N–H and O–H groups in total. The largest absolute Gasteiger partial charge is 0.444 e. The molecule has 0 fully saturated rings. The lowest BCUT2D eigenvalue weighted by Crippen LogP contribution is -2.39. The predicted octanol–water partition coefficient (Wildman–Crippen LogP) is 2.41. The summed E-state index contributed by atoms with van der Waals surface area (Å²) < 4.78 is 7.71. The van der Waals surface area contributed by atoms with Crippen molar-refractivity contribution in [1.82, 2.24) is 9.13 Å². The molecule has 0 aliphatic rings. The van der Waals surface area contributed by atoms with Crippen LogP contribution in [-0.4, -0.2) is 20.8 Å². The van der Waals surface area contributed by atoms with Crippen molar-refractivity contribution in [2.75, 3.05) is 5.32 Å². The van der Waals surface area contributed by atoms with E-state index in [-0.39, 0.29) is 11.2 Å².